The van der Waals surface area contributed by atoms with E-state index in [1.165, 1.54) is 0 Å². The molecule has 1 saturated heterocycles. The van der Waals surface area contributed by atoms with Crippen molar-refractivity contribution in [2.75, 3.05) is 19.6 Å². The molecule has 0 saturated carbocycles. The van der Waals surface area contributed by atoms with E-state index in [0.717, 1.165) is 31.3 Å². The van der Waals surface area contributed by atoms with E-state index in [9.17, 15) is 18.7 Å². The van der Waals surface area contributed by atoms with Crippen molar-refractivity contribution >= 4 is 5.91 Å². The molecule has 0 aliphatic carbocycles. The lowest BCUT2D eigenvalue weighted by molar-refractivity contribution is -0.123. The molecule has 0 radical (unpaired) electrons. The molecule has 1 aromatic rings. The third kappa shape index (κ3) is 4.22. The molecular formula is C15H20F2N2O2. The van der Waals surface area contributed by atoms with Crippen LogP contribution in [0.4, 0.5) is 8.78 Å². The molecule has 1 aliphatic heterocycles. The van der Waals surface area contributed by atoms with Crippen LogP contribution in [0, 0.1) is 17.6 Å². The van der Waals surface area contributed by atoms with Gasteiger partial charge < -0.3 is 15.7 Å². The number of carbonyl (C=O) groups is 1. The molecule has 6 heteroatoms. The van der Waals surface area contributed by atoms with Gasteiger partial charge in [-0.1, -0.05) is 0 Å². The number of likely N-dealkylation sites (tertiary alicyclic amines) is 1. The monoisotopic (exact) mass is 298 g/mol. The van der Waals surface area contributed by atoms with Crippen LogP contribution in [0.3, 0.4) is 0 Å². The number of hydrogen-bond donors (Lipinski definition) is 2. The Balaban J connectivity index is 1.83. The van der Waals surface area contributed by atoms with E-state index >= 15 is 0 Å². The number of amides is 1. The first-order valence-corrected chi connectivity index (χ1v) is 7.12. The molecule has 1 aromatic carbocycles. The van der Waals surface area contributed by atoms with Crippen LogP contribution < -0.4 is 5.73 Å². The normalized spacial score (nSPS) is 18.6. The summed E-state index contributed by atoms with van der Waals surface area (Å²) in [5.74, 6) is -1.51. The maximum absolute atomic E-state index is 13.5. The lowest BCUT2D eigenvalue weighted by atomic mass is 9.96. The summed E-state index contributed by atoms with van der Waals surface area (Å²) in [5, 5.41) is 9.99. The Morgan fingerprint density at radius 1 is 1.38 bits per heavy atom. The molecule has 3 N–H and O–H groups in total. The Labute approximate surface area is 122 Å². The molecule has 4 nitrogen and oxygen atoms in total. The summed E-state index contributed by atoms with van der Waals surface area (Å²) in [6.45, 7) is 2.03. The summed E-state index contributed by atoms with van der Waals surface area (Å²) in [6, 6.07) is 3.08. The molecule has 21 heavy (non-hydrogen) atoms. The average Bonchev–Trinajstić information content (AvgIpc) is 2.47. The van der Waals surface area contributed by atoms with Gasteiger partial charge in [-0.15, -0.1) is 0 Å². The van der Waals surface area contributed by atoms with E-state index in [4.69, 9.17) is 5.73 Å². The van der Waals surface area contributed by atoms with Gasteiger partial charge in [0.2, 0.25) is 5.91 Å². The molecule has 0 spiro atoms. The third-order valence-electron chi connectivity index (χ3n) is 4.03. The molecule has 116 valence electrons. The number of aliphatic hydroxyl groups excluding tert-OH is 1. The lowest BCUT2D eigenvalue weighted by Gasteiger charge is -2.31. The highest BCUT2D eigenvalue weighted by atomic mass is 19.1. The van der Waals surface area contributed by atoms with Crippen molar-refractivity contribution in [3.8, 4) is 0 Å². The number of carbonyl (C=O) groups excluding carboxylic acids is 1. The topological polar surface area (TPSA) is 66.6 Å². The molecule has 0 bridgehead atoms. The third-order valence-corrected chi connectivity index (χ3v) is 4.03. The molecule has 2 rings (SSSR count). The largest absolute Gasteiger partial charge is 0.388 e. The Kier molecular flexibility index (Phi) is 5.25. The van der Waals surface area contributed by atoms with Crippen molar-refractivity contribution in [3.63, 3.8) is 0 Å². The highest BCUT2D eigenvalue weighted by molar-refractivity contribution is 5.76. The van der Waals surface area contributed by atoms with E-state index in [2.05, 4.69) is 4.90 Å². The molecule has 0 aromatic heterocycles. The first kappa shape index (κ1) is 15.9. The van der Waals surface area contributed by atoms with Gasteiger partial charge in [-0.25, -0.2) is 8.78 Å². The van der Waals surface area contributed by atoms with Crippen LogP contribution in [-0.2, 0) is 4.79 Å². The minimum absolute atomic E-state index is 0.0120. The summed E-state index contributed by atoms with van der Waals surface area (Å²) in [5.41, 5.74) is 5.25. The summed E-state index contributed by atoms with van der Waals surface area (Å²) in [6.07, 6.45) is 0.704. The minimum atomic E-state index is -1.03. The summed E-state index contributed by atoms with van der Waals surface area (Å²) < 4.78 is 26.6. The standard InChI is InChI=1S/C15H20F2N2O2/c16-11-1-2-13(17)12(9-11)14(20)5-8-19-6-3-10(4-7-19)15(18)21/h1-2,9-10,14,20H,3-8H2,(H2,18,21). The van der Waals surface area contributed by atoms with Crippen molar-refractivity contribution in [2.45, 2.75) is 25.4 Å². The smallest absolute Gasteiger partial charge is 0.220 e. The number of hydrogen-bond acceptors (Lipinski definition) is 3. The maximum atomic E-state index is 13.5. The van der Waals surface area contributed by atoms with Crippen molar-refractivity contribution < 1.29 is 18.7 Å². The maximum Gasteiger partial charge on any atom is 0.220 e. The fraction of sp³-hybridized carbons (Fsp3) is 0.533. The van der Waals surface area contributed by atoms with Crippen molar-refractivity contribution in [1.82, 2.24) is 4.90 Å². The molecule has 1 amide bonds. The molecule has 1 unspecified atom stereocenters. The lowest BCUT2D eigenvalue weighted by Crippen LogP contribution is -2.39. The molecule has 1 aliphatic rings. The van der Waals surface area contributed by atoms with E-state index in [1.807, 2.05) is 0 Å². The molecular weight excluding hydrogens is 278 g/mol. The number of piperidine rings is 1. The first-order chi connectivity index (χ1) is 9.97. The molecule has 1 heterocycles. The van der Waals surface area contributed by atoms with E-state index in [-0.39, 0.29) is 17.4 Å². The van der Waals surface area contributed by atoms with Crippen LogP contribution in [0.25, 0.3) is 0 Å². The van der Waals surface area contributed by atoms with E-state index < -0.39 is 17.7 Å². The van der Waals surface area contributed by atoms with Crippen molar-refractivity contribution in [3.05, 3.63) is 35.4 Å². The SMILES string of the molecule is NC(=O)C1CCN(CCC(O)c2cc(F)ccc2F)CC1. The Morgan fingerprint density at radius 3 is 2.67 bits per heavy atom. The van der Waals surface area contributed by atoms with Gasteiger partial charge in [-0.3, -0.25) is 4.79 Å². The van der Waals surface area contributed by atoms with E-state index in [0.29, 0.717) is 25.8 Å². The summed E-state index contributed by atoms with van der Waals surface area (Å²) in [7, 11) is 0. The number of primary amides is 1. The number of rotatable bonds is 5. The van der Waals surface area contributed by atoms with Crippen LogP contribution in [-0.4, -0.2) is 35.5 Å². The number of nitrogens with zero attached hydrogens (tertiary/aromatic N) is 1. The summed E-state index contributed by atoms with van der Waals surface area (Å²) >= 11 is 0. The summed E-state index contributed by atoms with van der Waals surface area (Å²) in [4.78, 5) is 13.2. The zero-order valence-electron chi connectivity index (χ0n) is 11.8. The second kappa shape index (κ2) is 6.95. The predicted octanol–water partition coefficient (Wildman–Crippen LogP) is 1.59. The van der Waals surface area contributed by atoms with Gasteiger partial charge in [0, 0.05) is 18.0 Å². The number of nitrogens with two attached hydrogens (primary N) is 1. The number of halogens is 2. The quantitative estimate of drug-likeness (QED) is 0.867. The second-order valence-electron chi connectivity index (χ2n) is 5.49. The Morgan fingerprint density at radius 2 is 2.05 bits per heavy atom. The van der Waals surface area contributed by atoms with Gasteiger partial charge in [-0.2, -0.15) is 0 Å². The fourth-order valence-corrected chi connectivity index (χ4v) is 2.67. The van der Waals surface area contributed by atoms with Gasteiger partial charge in [-0.05, 0) is 50.6 Å². The van der Waals surface area contributed by atoms with Gasteiger partial charge in [0.05, 0.1) is 6.10 Å². The average molecular weight is 298 g/mol. The van der Waals surface area contributed by atoms with Crippen LogP contribution in [0.15, 0.2) is 18.2 Å². The zero-order valence-corrected chi connectivity index (χ0v) is 11.8. The van der Waals surface area contributed by atoms with Gasteiger partial charge in [0.15, 0.2) is 0 Å². The van der Waals surface area contributed by atoms with Crippen LogP contribution in [0.2, 0.25) is 0 Å². The Hall–Kier alpha value is -1.53. The van der Waals surface area contributed by atoms with Crippen LogP contribution in [0.1, 0.15) is 30.9 Å². The fourth-order valence-electron chi connectivity index (χ4n) is 2.67. The second-order valence-corrected chi connectivity index (χ2v) is 5.49. The minimum Gasteiger partial charge on any atom is -0.388 e. The van der Waals surface area contributed by atoms with Crippen molar-refractivity contribution in [2.24, 2.45) is 11.7 Å². The van der Waals surface area contributed by atoms with Crippen LogP contribution >= 0.6 is 0 Å². The first-order valence-electron chi connectivity index (χ1n) is 7.12. The highest BCUT2D eigenvalue weighted by Crippen LogP contribution is 2.23. The van der Waals surface area contributed by atoms with Gasteiger partial charge in [0.1, 0.15) is 11.6 Å². The molecule has 1 atom stereocenters. The Bertz CT molecular complexity index is 502. The van der Waals surface area contributed by atoms with Crippen LogP contribution in [0.5, 0.6) is 0 Å². The zero-order chi connectivity index (χ0) is 15.4. The molecule has 1 fully saturated rings. The highest BCUT2D eigenvalue weighted by Gasteiger charge is 2.23. The predicted molar refractivity (Wildman–Crippen MR) is 74.3 cm³/mol. The van der Waals surface area contributed by atoms with E-state index in [1.54, 1.807) is 0 Å². The van der Waals surface area contributed by atoms with Gasteiger partial charge in [0.25, 0.3) is 0 Å². The van der Waals surface area contributed by atoms with Gasteiger partial charge >= 0.3 is 0 Å². The number of benzene rings is 1. The van der Waals surface area contributed by atoms with Crippen molar-refractivity contribution in [1.29, 1.82) is 0 Å². The number of aliphatic hydroxyl groups is 1.